The lowest BCUT2D eigenvalue weighted by molar-refractivity contribution is -0.131. The number of hydrogen-bond acceptors (Lipinski definition) is 3. The maximum absolute atomic E-state index is 12.7. The number of rotatable bonds is 7. The highest BCUT2D eigenvalue weighted by Crippen LogP contribution is 2.33. The SMILES string of the molecule is CCOc1ccc(C2CCCN2C(=O)CCSc2ccccc2)cc1. The Morgan fingerprint density at radius 2 is 1.92 bits per heavy atom. The van der Waals surface area contributed by atoms with Crippen LogP contribution in [-0.4, -0.2) is 29.7 Å². The molecule has 1 saturated heterocycles. The van der Waals surface area contributed by atoms with E-state index in [1.807, 2.05) is 37.3 Å². The fourth-order valence-electron chi connectivity index (χ4n) is 3.28. The molecule has 1 atom stereocenters. The van der Waals surface area contributed by atoms with Crippen molar-refractivity contribution in [2.24, 2.45) is 0 Å². The van der Waals surface area contributed by atoms with E-state index in [4.69, 9.17) is 4.74 Å². The summed E-state index contributed by atoms with van der Waals surface area (Å²) in [4.78, 5) is 16.0. The molecule has 0 bridgehead atoms. The molecular weight excluding hydrogens is 330 g/mol. The Balaban J connectivity index is 1.56. The molecule has 1 aliphatic rings. The normalized spacial score (nSPS) is 16.8. The van der Waals surface area contributed by atoms with Gasteiger partial charge in [-0.2, -0.15) is 0 Å². The minimum Gasteiger partial charge on any atom is -0.494 e. The third-order valence-electron chi connectivity index (χ3n) is 4.48. The van der Waals surface area contributed by atoms with E-state index in [9.17, 15) is 4.79 Å². The molecule has 0 N–H and O–H groups in total. The van der Waals surface area contributed by atoms with Crippen LogP contribution in [0.15, 0.2) is 59.5 Å². The average molecular weight is 356 g/mol. The molecule has 25 heavy (non-hydrogen) atoms. The van der Waals surface area contributed by atoms with E-state index in [0.717, 1.165) is 30.9 Å². The van der Waals surface area contributed by atoms with Crippen molar-refractivity contribution >= 4 is 17.7 Å². The molecule has 1 aliphatic heterocycles. The maximum atomic E-state index is 12.7. The van der Waals surface area contributed by atoms with Crippen LogP contribution >= 0.6 is 11.8 Å². The van der Waals surface area contributed by atoms with E-state index in [0.29, 0.717) is 13.0 Å². The first-order valence-corrected chi connectivity index (χ1v) is 9.96. The molecule has 3 rings (SSSR count). The van der Waals surface area contributed by atoms with Gasteiger partial charge in [0.15, 0.2) is 0 Å². The number of hydrogen-bond donors (Lipinski definition) is 0. The third-order valence-corrected chi connectivity index (χ3v) is 5.49. The first-order chi connectivity index (χ1) is 12.3. The zero-order valence-electron chi connectivity index (χ0n) is 14.7. The molecule has 3 nitrogen and oxygen atoms in total. The molecule has 0 radical (unpaired) electrons. The van der Waals surface area contributed by atoms with Crippen molar-refractivity contribution in [2.45, 2.75) is 37.1 Å². The maximum Gasteiger partial charge on any atom is 0.223 e. The molecule has 1 amide bonds. The molecule has 1 unspecified atom stereocenters. The van der Waals surface area contributed by atoms with Crippen molar-refractivity contribution in [2.75, 3.05) is 18.9 Å². The summed E-state index contributed by atoms with van der Waals surface area (Å²) in [6, 6.07) is 18.7. The minimum atomic E-state index is 0.213. The summed E-state index contributed by atoms with van der Waals surface area (Å²) in [6.45, 7) is 3.53. The van der Waals surface area contributed by atoms with Crippen LogP contribution in [0.4, 0.5) is 0 Å². The highest BCUT2D eigenvalue weighted by molar-refractivity contribution is 7.99. The van der Waals surface area contributed by atoms with Gasteiger partial charge in [0.1, 0.15) is 5.75 Å². The van der Waals surface area contributed by atoms with Crippen molar-refractivity contribution < 1.29 is 9.53 Å². The Morgan fingerprint density at radius 1 is 1.16 bits per heavy atom. The van der Waals surface area contributed by atoms with Crippen molar-refractivity contribution in [3.63, 3.8) is 0 Å². The van der Waals surface area contributed by atoms with Crippen LogP contribution in [0.25, 0.3) is 0 Å². The van der Waals surface area contributed by atoms with E-state index in [1.54, 1.807) is 11.8 Å². The number of thioether (sulfide) groups is 1. The number of amides is 1. The smallest absolute Gasteiger partial charge is 0.223 e. The Hall–Kier alpha value is -1.94. The molecular formula is C21H25NO2S. The van der Waals surface area contributed by atoms with Crippen LogP contribution < -0.4 is 4.74 Å². The Bertz CT molecular complexity index is 672. The molecule has 0 aliphatic carbocycles. The second-order valence-electron chi connectivity index (χ2n) is 6.16. The molecule has 2 aromatic carbocycles. The highest BCUT2D eigenvalue weighted by Gasteiger charge is 2.29. The van der Waals surface area contributed by atoms with E-state index in [1.165, 1.54) is 10.5 Å². The van der Waals surface area contributed by atoms with Gasteiger partial charge >= 0.3 is 0 Å². The summed E-state index contributed by atoms with van der Waals surface area (Å²) in [7, 11) is 0. The van der Waals surface area contributed by atoms with Crippen molar-refractivity contribution in [1.29, 1.82) is 0 Å². The van der Waals surface area contributed by atoms with E-state index in [-0.39, 0.29) is 11.9 Å². The zero-order chi connectivity index (χ0) is 17.5. The summed E-state index contributed by atoms with van der Waals surface area (Å²) < 4.78 is 5.51. The number of nitrogens with zero attached hydrogens (tertiary/aromatic N) is 1. The molecule has 0 spiro atoms. The lowest BCUT2D eigenvalue weighted by atomic mass is 10.0. The first kappa shape index (κ1) is 17.9. The molecule has 4 heteroatoms. The fourth-order valence-corrected chi connectivity index (χ4v) is 4.14. The number of carbonyl (C=O) groups excluding carboxylic acids is 1. The molecule has 132 valence electrons. The average Bonchev–Trinajstić information content (AvgIpc) is 3.13. The van der Waals surface area contributed by atoms with Gasteiger partial charge in [0.2, 0.25) is 5.91 Å². The van der Waals surface area contributed by atoms with Gasteiger partial charge in [-0.15, -0.1) is 11.8 Å². The largest absolute Gasteiger partial charge is 0.494 e. The van der Waals surface area contributed by atoms with Crippen molar-refractivity contribution in [3.8, 4) is 5.75 Å². The van der Waals surface area contributed by atoms with Crippen LogP contribution in [0.2, 0.25) is 0 Å². The lowest BCUT2D eigenvalue weighted by Crippen LogP contribution is -2.30. The predicted molar refractivity (Wildman–Crippen MR) is 103 cm³/mol. The van der Waals surface area contributed by atoms with Crippen LogP contribution in [0.1, 0.15) is 37.8 Å². The topological polar surface area (TPSA) is 29.5 Å². The quantitative estimate of drug-likeness (QED) is 0.660. The van der Waals surface area contributed by atoms with Crippen LogP contribution in [-0.2, 0) is 4.79 Å². The summed E-state index contributed by atoms with van der Waals surface area (Å²) in [6.07, 6.45) is 2.72. The molecule has 2 aromatic rings. The Morgan fingerprint density at radius 3 is 2.64 bits per heavy atom. The van der Waals surface area contributed by atoms with Gasteiger partial charge in [-0.25, -0.2) is 0 Å². The molecule has 0 aromatic heterocycles. The molecule has 0 saturated carbocycles. The van der Waals surface area contributed by atoms with Crippen LogP contribution in [0, 0.1) is 0 Å². The van der Waals surface area contributed by atoms with Gasteiger partial charge in [-0.1, -0.05) is 30.3 Å². The second-order valence-corrected chi connectivity index (χ2v) is 7.33. The van der Waals surface area contributed by atoms with Crippen LogP contribution in [0.5, 0.6) is 5.75 Å². The highest BCUT2D eigenvalue weighted by atomic mass is 32.2. The van der Waals surface area contributed by atoms with Gasteiger partial charge < -0.3 is 9.64 Å². The monoisotopic (exact) mass is 355 g/mol. The lowest BCUT2D eigenvalue weighted by Gasteiger charge is -2.25. The second kappa shape index (κ2) is 8.95. The van der Waals surface area contributed by atoms with Crippen molar-refractivity contribution in [3.05, 3.63) is 60.2 Å². The number of ether oxygens (including phenoxy) is 1. The number of benzene rings is 2. The summed E-state index contributed by atoms with van der Waals surface area (Å²) in [5.41, 5.74) is 1.21. The Kier molecular flexibility index (Phi) is 6.40. The zero-order valence-corrected chi connectivity index (χ0v) is 15.5. The van der Waals surface area contributed by atoms with Crippen LogP contribution in [0.3, 0.4) is 0 Å². The first-order valence-electron chi connectivity index (χ1n) is 8.98. The minimum absolute atomic E-state index is 0.213. The predicted octanol–water partition coefficient (Wildman–Crippen LogP) is 4.93. The summed E-state index contributed by atoms with van der Waals surface area (Å²) in [5.74, 6) is 1.98. The van der Waals surface area contributed by atoms with Gasteiger partial charge in [-0.05, 0) is 49.6 Å². The van der Waals surface area contributed by atoms with E-state index in [2.05, 4.69) is 29.2 Å². The summed E-state index contributed by atoms with van der Waals surface area (Å²) >= 11 is 1.75. The van der Waals surface area contributed by atoms with E-state index < -0.39 is 0 Å². The van der Waals surface area contributed by atoms with Gasteiger partial charge in [0, 0.05) is 23.6 Å². The standard InChI is InChI=1S/C21H25NO2S/c1-2-24-18-12-10-17(11-13-18)20-9-6-15-22(20)21(23)14-16-25-19-7-4-3-5-8-19/h3-5,7-8,10-13,20H,2,6,9,14-16H2,1H3. The van der Waals surface area contributed by atoms with Crippen molar-refractivity contribution in [1.82, 2.24) is 4.90 Å². The summed E-state index contributed by atoms with van der Waals surface area (Å²) in [5, 5.41) is 0. The number of likely N-dealkylation sites (tertiary alicyclic amines) is 1. The molecule has 1 heterocycles. The number of carbonyl (C=O) groups is 1. The molecule has 1 fully saturated rings. The van der Waals surface area contributed by atoms with Gasteiger partial charge in [-0.3, -0.25) is 4.79 Å². The van der Waals surface area contributed by atoms with Gasteiger partial charge in [0.25, 0.3) is 0 Å². The Labute approximate surface area is 154 Å². The fraction of sp³-hybridized carbons (Fsp3) is 0.381. The van der Waals surface area contributed by atoms with E-state index >= 15 is 0 Å². The van der Waals surface area contributed by atoms with Gasteiger partial charge in [0.05, 0.1) is 12.6 Å². The third kappa shape index (κ3) is 4.79.